The molecule has 0 aliphatic heterocycles. The Morgan fingerprint density at radius 2 is 0.537 bits per heavy atom. The van der Waals surface area contributed by atoms with Crippen molar-refractivity contribution in [2.24, 2.45) is 11.5 Å². The van der Waals surface area contributed by atoms with Gasteiger partial charge in [-0.15, -0.1) is 9.05 Å². The van der Waals surface area contributed by atoms with E-state index in [2.05, 4.69) is 93.7 Å². The van der Waals surface area contributed by atoms with E-state index in [1.807, 2.05) is 300 Å². The van der Waals surface area contributed by atoms with Crippen molar-refractivity contribution in [2.75, 3.05) is 24.9 Å². The monoisotopic (exact) mass is 1970 g/mol. The average Bonchev–Trinajstić information content (AvgIpc) is 0.890. The quantitative estimate of drug-likeness (QED) is 0.00570. The minimum Gasteiger partial charge on any atom is -0.480 e. The number of hydrogen-bond donors (Lipinski definition) is 13. The van der Waals surface area contributed by atoms with Crippen LogP contribution in [0.3, 0.4) is 0 Å². The number of ether oxygens (including phenoxy) is 3. The van der Waals surface area contributed by atoms with Gasteiger partial charge in [0, 0.05) is 13.5 Å². The Balaban J connectivity index is 0. The molecule has 0 aliphatic carbocycles. The summed E-state index contributed by atoms with van der Waals surface area (Å²) in [7, 11) is -5.01. The van der Waals surface area contributed by atoms with Crippen LogP contribution in [0, 0.1) is 0 Å². The highest BCUT2D eigenvalue weighted by molar-refractivity contribution is 9.11. The number of halogens is 4. The number of carboxylic acid groups (broad SMARTS) is 3. The van der Waals surface area contributed by atoms with Crippen molar-refractivity contribution in [1.82, 2.24) is 20.9 Å². The number of alkyl halides is 2. The van der Waals surface area contributed by atoms with E-state index in [9.17, 15) is 48.4 Å². The smallest absolute Gasteiger partial charge is 0.480 e. The molecule has 0 heterocycles. The molecule has 0 saturated heterocycles. The molecule has 0 fully saturated rings. The summed E-state index contributed by atoms with van der Waals surface area (Å²) in [6.07, 6.45) is 2.49. The molecule has 25 nitrogen and oxygen atoms in total. The molecule has 9 aromatic carbocycles. The van der Waals surface area contributed by atoms with Gasteiger partial charge in [0.2, 0.25) is 0 Å². The van der Waals surface area contributed by atoms with E-state index >= 15 is 0 Å². The molecule has 0 radical (unpaired) electrons. The fourth-order valence-corrected chi connectivity index (χ4v) is 11.5. The van der Waals surface area contributed by atoms with Crippen molar-refractivity contribution < 1.29 is 92.0 Å². The molecule has 9 aromatic rings. The second-order valence-electron chi connectivity index (χ2n) is 25.6. The van der Waals surface area contributed by atoms with Gasteiger partial charge >= 0.3 is 72.3 Å². The largest absolute Gasteiger partial charge is 0.697 e. The molecular weight excluding hydrogens is 1850 g/mol. The third-order valence-corrected chi connectivity index (χ3v) is 17.4. The molecule has 6 unspecified atom stereocenters. The Bertz CT molecular complexity index is 4080. The van der Waals surface area contributed by atoms with Crippen molar-refractivity contribution in [3.8, 4) is 0 Å². The molecule has 0 aliphatic rings. The third kappa shape index (κ3) is 60.8. The summed E-state index contributed by atoms with van der Waals surface area (Å²) in [5.41, 5.74) is 19.3. The lowest BCUT2D eigenvalue weighted by molar-refractivity contribution is -0.147. The molecule has 0 saturated carbocycles. The van der Waals surface area contributed by atoms with Crippen LogP contribution >= 0.6 is 72.0 Å². The van der Waals surface area contributed by atoms with Crippen LogP contribution in [0.2, 0.25) is 27.3 Å². The molecule has 666 valence electrons. The fraction of sp³-hybridized carbons (Fsp3) is 0.326. The average molecular weight is 1970 g/mol. The minimum absolute atomic E-state index is 0.218. The topological polar surface area (TPSA) is 407 Å². The number of rotatable bonds is 36. The number of hydrogen-bond acceptors (Lipinski definition) is 22. The lowest BCUT2D eigenvalue weighted by Crippen LogP contribution is -2.46. The molecular formula is C89H122B4Br4N6O19P+. The fourth-order valence-electron chi connectivity index (χ4n) is 10.2. The van der Waals surface area contributed by atoms with E-state index < -0.39 is 90.6 Å². The first-order valence-electron chi connectivity index (χ1n) is 39.7. The molecule has 0 amide bonds. The number of carbonyl (C=O) groups is 6. The first-order chi connectivity index (χ1) is 59.0. The summed E-state index contributed by atoms with van der Waals surface area (Å²) >= 11 is 12.6. The van der Waals surface area contributed by atoms with E-state index in [1.54, 1.807) is 34.3 Å². The number of esters is 3. The van der Waals surface area contributed by atoms with Gasteiger partial charge in [0.25, 0.3) is 0 Å². The van der Waals surface area contributed by atoms with Gasteiger partial charge in [-0.25, -0.2) is 0 Å². The normalized spacial score (nSPS) is 11.2. The van der Waals surface area contributed by atoms with E-state index in [0.29, 0.717) is 51.7 Å². The SMILES string of the molecule is CB(O)NC(Cc1cccc(Br)c1)C(=O)OCc1ccccc1.CB(O)NC(Cc1ccccc1)C(=O)O.CB(O)NC(Cc1ccccc1)C(=O)OCc1ccccc1.CB(O)NC(Cc1ccccc1)C(=O)OCc1ccccc1.CBr.CBr.CC.CC.CCO[P+](=O)OCC.NC(Cc1cccc(Br)c1)C(=O)O.NC(Cc1ccccc1)C(=O)O. The van der Waals surface area contributed by atoms with Crippen LogP contribution in [0.5, 0.6) is 0 Å². The maximum Gasteiger partial charge on any atom is 0.697 e. The van der Waals surface area contributed by atoms with Crippen LogP contribution in [0.4, 0.5) is 0 Å². The molecule has 0 spiro atoms. The third-order valence-electron chi connectivity index (χ3n) is 15.5. The van der Waals surface area contributed by atoms with Crippen LogP contribution in [0.1, 0.15) is 91.6 Å². The van der Waals surface area contributed by atoms with Crippen LogP contribution in [-0.2, 0) is 115 Å². The zero-order valence-corrected chi connectivity index (χ0v) is 79.3. The van der Waals surface area contributed by atoms with Crippen molar-refractivity contribution in [2.45, 2.75) is 163 Å². The minimum atomic E-state index is -1.83. The number of aliphatic carboxylic acids is 3. The molecule has 9 rings (SSSR count). The van der Waals surface area contributed by atoms with Gasteiger partial charge in [0.15, 0.2) is 0 Å². The zero-order valence-electron chi connectivity index (χ0n) is 72.0. The number of nitrogens with two attached hydrogens (primary N) is 2. The summed E-state index contributed by atoms with van der Waals surface area (Å²) in [5, 5.41) is 74.8. The van der Waals surface area contributed by atoms with E-state index in [4.69, 9.17) is 46.0 Å². The lowest BCUT2D eigenvalue weighted by Gasteiger charge is -2.18. The first-order valence-corrected chi connectivity index (χ1v) is 45.6. The van der Waals surface area contributed by atoms with Gasteiger partial charge in [0.05, 0.1) is 0 Å². The predicted molar refractivity (Wildman–Crippen MR) is 510 cm³/mol. The standard InChI is InChI=1S/C17H19BBrNO3.2C17H20BNO3.C10H14BNO3.C9H10BrNO2.C9H11NO2.C4H10O3P.2C2H6.2CH3Br/c1-18(22)20-16(11-14-8-5-9-15(19)10-14)17(21)23-12-13-6-3-2-4-7-13;2*1-18(21)19-16(12-14-8-4-2-5-9-14)17(20)22-13-15-10-6-3-7-11-15;1-11(15)12-9(10(13)14)7-8-5-3-2-4-6-8;10-7-3-1-2-6(4-7)5-8(11)9(12)13;10-8(9(11)12)6-7-4-2-1-3-5-7;1-3-6-8(5)7-4-2;4*1-2/h2-10,16,20,22H,11-12H2,1H3;2*2-11,16,19,21H,12-13H2,1H3;2-6,9,12,15H,7H2,1H3,(H,13,14);1-4,8H,5,11H2,(H,12,13);1-5,8H,6,10H2,(H,11,12);3-4H2,1-2H3;2*1-2H3;2*1H3/q;;;;;;+1;;;;. The maximum atomic E-state index is 12.3. The van der Waals surface area contributed by atoms with Crippen LogP contribution < -0.4 is 32.4 Å². The zero-order chi connectivity index (χ0) is 92.7. The Morgan fingerprint density at radius 3 is 0.764 bits per heavy atom. The number of carboxylic acids is 3. The van der Waals surface area contributed by atoms with Gasteiger partial charge in [-0.1, -0.05) is 328 Å². The van der Waals surface area contributed by atoms with E-state index in [-0.39, 0.29) is 37.7 Å². The van der Waals surface area contributed by atoms with Crippen LogP contribution in [0.25, 0.3) is 0 Å². The predicted octanol–water partition coefficient (Wildman–Crippen LogP) is 15.1. The number of nitrogens with one attached hydrogen (secondary N) is 4. The van der Waals surface area contributed by atoms with Gasteiger partial charge in [0.1, 0.15) is 69.3 Å². The Kier molecular flexibility index (Phi) is 71.1. The maximum absolute atomic E-state index is 12.3. The highest BCUT2D eigenvalue weighted by Crippen LogP contribution is 2.22. The van der Waals surface area contributed by atoms with Gasteiger partial charge in [-0.2, -0.15) is 0 Å². The summed E-state index contributed by atoms with van der Waals surface area (Å²) in [5.74, 6) is -0.379. The second-order valence-corrected chi connectivity index (χ2v) is 28.4. The second kappa shape index (κ2) is 75.0. The van der Waals surface area contributed by atoms with Gasteiger partial charge < -0.3 is 82.0 Å². The molecule has 6 atom stereocenters. The Labute approximate surface area is 763 Å². The first kappa shape index (κ1) is 117. The van der Waals surface area contributed by atoms with Gasteiger partial charge in [-0.05, 0) is 166 Å². The summed E-state index contributed by atoms with van der Waals surface area (Å²) < 4.78 is 37.4. The highest BCUT2D eigenvalue weighted by Gasteiger charge is 2.27. The van der Waals surface area contributed by atoms with E-state index in [1.165, 1.54) is 6.82 Å². The number of carbonyl (C=O) groups excluding carboxylic acids is 3. The molecule has 0 bridgehead atoms. The summed E-state index contributed by atoms with van der Waals surface area (Å²) in [6.45, 7) is 19.3. The van der Waals surface area contributed by atoms with Gasteiger partial charge in [-0.3, -0.25) is 28.8 Å². The van der Waals surface area contributed by atoms with Crippen molar-refractivity contribution >= 4 is 136 Å². The number of benzene rings is 9. The summed E-state index contributed by atoms with van der Waals surface area (Å²) in [6, 6.07) is 77.6. The summed E-state index contributed by atoms with van der Waals surface area (Å²) in [4.78, 5) is 68.6. The Hall–Kier alpha value is -8.40. The molecule has 15 N–H and O–H groups in total. The van der Waals surface area contributed by atoms with Crippen molar-refractivity contribution in [1.29, 1.82) is 0 Å². The van der Waals surface area contributed by atoms with Crippen molar-refractivity contribution in [3.63, 3.8) is 0 Å². The molecule has 34 heteroatoms. The van der Waals surface area contributed by atoms with Crippen LogP contribution in [-0.4, -0.2) is 161 Å². The lowest BCUT2D eigenvalue weighted by atomic mass is 9.86. The van der Waals surface area contributed by atoms with Crippen LogP contribution in [0.15, 0.2) is 270 Å². The molecule has 123 heavy (non-hydrogen) atoms. The highest BCUT2D eigenvalue weighted by atomic mass is 79.9. The van der Waals surface area contributed by atoms with E-state index in [0.717, 1.165) is 59.0 Å². The Morgan fingerprint density at radius 1 is 0.333 bits per heavy atom. The molecule has 0 aromatic heterocycles. The van der Waals surface area contributed by atoms with Crippen molar-refractivity contribution in [3.05, 3.63) is 320 Å².